The zero-order chi connectivity index (χ0) is 22.7. The van der Waals surface area contributed by atoms with E-state index < -0.39 is 5.54 Å². The lowest BCUT2D eigenvalue weighted by molar-refractivity contribution is 0.0209. The largest absolute Gasteiger partial charge is 0.393 e. The first-order valence-electron chi connectivity index (χ1n) is 11.2. The van der Waals surface area contributed by atoms with Crippen LogP contribution in [-0.4, -0.2) is 30.8 Å². The van der Waals surface area contributed by atoms with E-state index in [9.17, 15) is 5.11 Å². The minimum atomic E-state index is -0.439. The first-order chi connectivity index (χ1) is 15.9. The fourth-order valence-corrected chi connectivity index (χ4v) is 5.40. The van der Waals surface area contributed by atoms with Gasteiger partial charge >= 0.3 is 0 Å². The van der Waals surface area contributed by atoms with Crippen LogP contribution < -0.4 is 5.73 Å². The molecular formula is C26H25N5OS. The summed E-state index contributed by atoms with van der Waals surface area (Å²) < 4.78 is 1.85. The Morgan fingerprint density at radius 2 is 1.94 bits per heavy atom. The summed E-state index contributed by atoms with van der Waals surface area (Å²) in [5.74, 6) is 0.313. The molecule has 0 spiro atoms. The number of thiophene rings is 1. The number of aliphatic hydroxyl groups excluding tert-OH is 1. The maximum atomic E-state index is 9.74. The molecule has 0 amide bonds. The molecule has 3 N–H and O–H groups in total. The van der Waals surface area contributed by atoms with E-state index in [-0.39, 0.29) is 6.10 Å². The summed E-state index contributed by atoms with van der Waals surface area (Å²) in [6.07, 6.45) is 2.78. The Labute approximate surface area is 195 Å². The van der Waals surface area contributed by atoms with Crippen LogP contribution in [0.4, 0.5) is 0 Å². The van der Waals surface area contributed by atoms with E-state index in [2.05, 4.69) is 66.7 Å². The first kappa shape index (κ1) is 20.5. The van der Waals surface area contributed by atoms with Gasteiger partial charge in [-0.1, -0.05) is 44.2 Å². The summed E-state index contributed by atoms with van der Waals surface area (Å²) in [5.41, 5.74) is 12.7. The Morgan fingerprint density at radius 3 is 2.61 bits per heavy atom. The molecule has 6 rings (SSSR count). The molecule has 0 radical (unpaired) electrons. The molecule has 1 fully saturated rings. The van der Waals surface area contributed by atoms with Crippen LogP contribution >= 0.6 is 11.3 Å². The number of benzene rings is 1. The highest BCUT2D eigenvalue weighted by molar-refractivity contribution is 7.13. The minimum Gasteiger partial charge on any atom is -0.393 e. The zero-order valence-electron chi connectivity index (χ0n) is 18.6. The zero-order valence-corrected chi connectivity index (χ0v) is 19.4. The predicted molar refractivity (Wildman–Crippen MR) is 132 cm³/mol. The summed E-state index contributed by atoms with van der Waals surface area (Å²) in [4.78, 5) is 10.9. The van der Waals surface area contributed by atoms with Gasteiger partial charge in [-0.2, -0.15) is 9.61 Å². The molecule has 0 unspecified atom stereocenters. The SMILES string of the molecule is CC(C)c1cc2ncc3cc(-c4cccs4)c(-c4ccc(C5(N)CC(O)C5)cc4)nc3n2n1. The van der Waals surface area contributed by atoms with Crippen molar-refractivity contribution in [3.05, 3.63) is 71.4 Å². The summed E-state index contributed by atoms with van der Waals surface area (Å²) in [5, 5.41) is 17.6. The average molecular weight is 456 g/mol. The highest BCUT2D eigenvalue weighted by Crippen LogP contribution is 2.41. The molecule has 6 nitrogen and oxygen atoms in total. The van der Waals surface area contributed by atoms with Gasteiger partial charge in [-0.15, -0.1) is 11.3 Å². The van der Waals surface area contributed by atoms with Gasteiger partial charge in [0, 0.05) is 39.2 Å². The van der Waals surface area contributed by atoms with Crippen molar-refractivity contribution in [2.24, 2.45) is 5.73 Å². The number of nitrogens with two attached hydrogens (primary N) is 1. The van der Waals surface area contributed by atoms with E-state index in [4.69, 9.17) is 15.8 Å². The van der Waals surface area contributed by atoms with E-state index in [0.29, 0.717) is 18.8 Å². The van der Waals surface area contributed by atoms with Crippen molar-refractivity contribution < 1.29 is 5.11 Å². The van der Waals surface area contributed by atoms with Crippen LogP contribution in [0.5, 0.6) is 0 Å². The Balaban J connectivity index is 1.54. The first-order valence-corrected chi connectivity index (χ1v) is 12.1. The molecule has 0 atom stereocenters. The van der Waals surface area contributed by atoms with Crippen LogP contribution in [0.3, 0.4) is 0 Å². The van der Waals surface area contributed by atoms with Crippen molar-refractivity contribution in [1.82, 2.24) is 19.6 Å². The van der Waals surface area contributed by atoms with Gasteiger partial charge in [0.1, 0.15) is 0 Å². The van der Waals surface area contributed by atoms with Gasteiger partial charge in [0.15, 0.2) is 11.3 Å². The summed E-state index contributed by atoms with van der Waals surface area (Å²) >= 11 is 1.69. The molecule has 4 aromatic heterocycles. The summed E-state index contributed by atoms with van der Waals surface area (Å²) in [7, 11) is 0. The second kappa shape index (κ2) is 7.45. The normalized spacial score (nSPS) is 20.6. The molecule has 1 saturated carbocycles. The van der Waals surface area contributed by atoms with E-state index in [0.717, 1.165) is 49.6 Å². The number of nitrogens with zero attached hydrogens (tertiary/aromatic N) is 4. The molecule has 166 valence electrons. The molecule has 4 heterocycles. The predicted octanol–water partition coefficient (Wildman–Crippen LogP) is 5.11. The van der Waals surface area contributed by atoms with Gasteiger partial charge < -0.3 is 10.8 Å². The fraction of sp³-hybridized carbons (Fsp3) is 0.269. The molecule has 0 aliphatic heterocycles. The van der Waals surface area contributed by atoms with E-state index in [1.54, 1.807) is 11.3 Å². The smallest absolute Gasteiger partial charge is 0.165 e. The Kier molecular flexibility index (Phi) is 4.62. The van der Waals surface area contributed by atoms with Crippen LogP contribution in [0.1, 0.15) is 43.9 Å². The van der Waals surface area contributed by atoms with Crippen LogP contribution in [0, 0.1) is 0 Å². The molecule has 5 aromatic rings. The van der Waals surface area contributed by atoms with Crippen molar-refractivity contribution >= 4 is 28.0 Å². The molecule has 1 aromatic carbocycles. The maximum Gasteiger partial charge on any atom is 0.165 e. The van der Waals surface area contributed by atoms with Gasteiger partial charge in [0.05, 0.1) is 17.5 Å². The fourth-order valence-electron chi connectivity index (χ4n) is 4.65. The van der Waals surface area contributed by atoms with E-state index in [1.165, 1.54) is 0 Å². The third-order valence-electron chi connectivity index (χ3n) is 6.59. The molecule has 1 aliphatic carbocycles. The van der Waals surface area contributed by atoms with Gasteiger partial charge in [0.2, 0.25) is 0 Å². The van der Waals surface area contributed by atoms with Gasteiger partial charge in [-0.25, -0.2) is 9.97 Å². The van der Waals surface area contributed by atoms with Crippen LogP contribution in [0.2, 0.25) is 0 Å². The van der Waals surface area contributed by atoms with Gasteiger partial charge in [-0.05, 0) is 41.8 Å². The number of fused-ring (bicyclic) bond motifs is 3. The molecule has 33 heavy (non-hydrogen) atoms. The Bertz CT molecular complexity index is 1460. The topological polar surface area (TPSA) is 89.3 Å². The average Bonchev–Trinajstić information content (AvgIpc) is 3.47. The van der Waals surface area contributed by atoms with Crippen molar-refractivity contribution in [2.75, 3.05) is 0 Å². The van der Waals surface area contributed by atoms with Crippen molar-refractivity contribution in [1.29, 1.82) is 0 Å². The van der Waals surface area contributed by atoms with Crippen molar-refractivity contribution in [3.8, 4) is 21.7 Å². The molecular weight excluding hydrogens is 430 g/mol. The Hall–Kier alpha value is -3.13. The summed E-state index contributed by atoms with van der Waals surface area (Å²) in [6, 6.07) is 16.7. The number of hydrogen-bond acceptors (Lipinski definition) is 6. The van der Waals surface area contributed by atoms with Crippen LogP contribution in [0.25, 0.3) is 38.4 Å². The lowest BCUT2D eigenvalue weighted by atomic mass is 9.70. The monoisotopic (exact) mass is 455 g/mol. The second-order valence-corrected chi connectivity index (χ2v) is 10.3. The van der Waals surface area contributed by atoms with Crippen molar-refractivity contribution in [3.63, 3.8) is 0 Å². The molecule has 1 aliphatic rings. The lowest BCUT2D eigenvalue weighted by Crippen LogP contribution is -2.51. The highest BCUT2D eigenvalue weighted by atomic mass is 32.1. The van der Waals surface area contributed by atoms with E-state index >= 15 is 0 Å². The summed E-state index contributed by atoms with van der Waals surface area (Å²) in [6.45, 7) is 4.26. The van der Waals surface area contributed by atoms with Gasteiger partial charge in [0.25, 0.3) is 0 Å². The molecule has 7 heteroatoms. The highest BCUT2D eigenvalue weighted by Gasteiger charge is 2.41. The Morgan fingerprint density at radius 1 is 1.15 bits per heavy atom. The quantitative estimate of drug-likeness (QED) is 0.393. The minimum absolute atomic E-state index is 0.303. The number of rotatable bonds is 4. The van der Waals surface area contributed by atoms with Crippen LogP contribution in [0.15, 0.2) is 60.1 Å². The maximum absolute atomic E-state index is 9.74. The van der Waals surface area contributed by atoms with E-state index in [1.807, 2.05) is 16.8 Å². The number of hydrogen-bond donors (Lipinski definition) is 2. The third kappa shape index (κ3) is 3.35. The standard InChI is InChI=1S/C26H25N5OS/c1-15(2)21-11-23-28-14-17-10-20(22-4-3-9-33-22)24(29-25(17)31(23)30-21)16-5-7-18(8-6-16)26(27)12-19(32)13-26/h3-11,14-15,19,32H,12-13,27H2,1-2H3. The molecule has 0 saturated heterocycles. The van der Waals surface area contributed by atoms with Crippen LogP contribution in [-0.2, 0) is 5.54 Å². The third-order valence-corrected chi connectivity index (χ3v) is 7.49. The van der Waals surface area contributed by atoms with Crippen molar-refractivity contribution in [2.45, 2.75) is 44.2 Å². The number of aliphatic hydroxyl groups is 1. The second-order valence-electron chi connectivity index (χ2n) is 9.32. The number of pyridine rings is 1. The molecule has 0 bridgehead atoms. The number of aromatic nitrogens is 4. The van der Waals surface area contributed by atoms with Gasteiger partial charge in [-0.3, -0.25) is 0 Å². The lowest BCUT2D eigenvalue weighted by Gasteiger charge is -2.42.